The molecule has 2 fully saturated rings. The second kappa shape index (κ2) is 7.73. The van der Waals surface area contributed by atoms with Gasteiger partial charge in [-0.2, -0.15) is 11.8 Å². The standard InChI is InChI=1S/C16H31N3OS/c1-18(2)15(20)19-11-7-14(8-12-19)17-13-16(21-3)9-5-4-6-10-16/h14,17H,4-13H2,1-3H3. The Morgan fingerprint density at radius 1 is 1.24 bits per heavy atom. The zero-order chi connectivity index (χ0) is 15.3. The zero-order valence-corrected chi connectivity index (χ0v) is 14.7. The molecule has 5 heteroatoms. The first-order valence-corrected chi connectivity index (χ1v) is 9.53. The molecular weight excluding hydrogens is 282 g/mol. The monoisotopic (exact) mass is 313 g/mol. The molecule has 1 aliphatic carbocycles. The van der Waals surface area contributed by atoms with Crippen LogP contribution in [0.3, 0.4) is 0 Å². The van der Waals surface area contributed by atoms with Crippen molar-refractivity contribution in [2.75, 3.05) is 40.0 Å². The van der Waals surface area contributed by atoms with E-state index in [-0.39, 0.29) is 6.03 Å². The lowest BCUT2D eigenvalue weighted by atomic mass is 9.88. The second-order valence-corrected chi connectivity index (χ2v) is 8.04. The minimum absolute atomic E-state index is 0.154. The summed E-state index contributed by atoms with van der Waals surface area (Å²) in [5, 5.41) is 3.80. The van der Waals surface area contributed by atoms with Gasteiger partial charge in [0, 0.05) is 44.5 Å². The number of nitrogens with zero attached hydrogens (tertiary/aromatic N) is 2. The van der Waals surface area contributed by atoms with Gasteiger partial charge in [-0.05, 0) is 31.9 Å². The van der Waals surface area contributed by atoms with Gasteiger partial charge < -0.3 is 15.1 Å². The Hall–Kier alpha value is -0.420. The minimum Gasteiger partial charge on any atom is -0.331 e. The molecule has 2 aliphatic rings. The van der Waals surface area contributed by atoms with Crippen molar-refractivity contribution in [3.05, 3.63) is 0 Å². The van der Waals surface area contributed by atoms with Crippen molar-refractivity contribution in [1.29, 1.82) is 0 Å². The number of amides is 2. The van der Waals surface area contributed by atoms with Gasteiger partial charge in [0.05, 0.1) is 0 Å². The number of hydrogen-bond acceptors (Lipinski definition) is 3. The third-order valence-corrected chi connectivity index (χ3v) is 6.48. The average Bonchev–Trinajstić information content (AvgIpc) is 2.53. The molecule has 0 aromatic rings. The van der Waals surface area contributed by atoms with Crippen molar-refractivity contribution in [3.8, 4) is 0 Å². The van der Waals surface area contributed by atoms with E-state index in [9.17, 15) is 4.79 Å². The topological polar surface area (TPSA) is 35.6 Å². The highest BCUT2D eigenvalue weighted by Gasteiger charge is 2.32. The maximum absolute atomic E-state index is 11.9. The lowest BCUT2D eigenvalue weighted by molar-refractivity contribution is 0.151. The van der Waals surface area contributed by atoms with Crippen LogP contribution in [0.1, 0.15) is 44.9 Å². The van der Waals surface area contributed by atoms with Gasteiger partial charge in [-0.3, -0.25) is 0 Å². The minimum atomic E-state index is 0.154. The summed E-state index contributed by atoms with van der Waals surface area (Å²) >= 11 is 2.06. The van der Waals surface area contributed by atoms with Crippen LogP contribution in [0.5, 0.6) is 0 Å². The molecule has 1 saturated heterocycles. The number of likely N-dealkylation sites (tertiary alicyclic amines) is 1. The lowest BCUT2D eigenvalue weighted by Crippen LogP contribution is -2.50. The SMILES string of the molecule is CSC1(CNC2CCN(C(=O)N(C)C)CC2)CCCCC1. The van der Waals surface area contributed by atoms with Crippen LogP contribution < -0.4 is 5.32 Å². The Bertz CT molecular complexity index is 334. The van der Waals surface area contributed by atoms with Crippen LogP contribution >= 0.6 is 11.8 Å². The molecule has 2 amide bonds. The smallest absolute Gasteiger partial charge is 0.319 e. The number of carbonyl (C=O) groups is 1. The molecule has 1 N–H and O–H groups in total. The average molecular weight is 314 g/mol. The number of thioether (sulfide) groups is 1. The van der Waals surface area contributed by atoms with Crippen LogP contribution in [-0.2, 0) is 0 Å². The molecule has 1 aliphatic heterocycles. The highest BCUT2D eigenvalue weighted by atomic mass is 32.2. The number of urea groups is 1. The first-order chi connectivity index (χ1) is 10.1. The molecule has 2 rings (SSSR count). The van der Waals surface area contributed by atoms with E-state index in [2.05, 4.69) is 23.3 Å². The van der Waals surface area contributed by atoms with Gasteiger partial charge in [0.2, 0.25) is 0 Å². The summed E-state index contributed by atoms with van der Waals surface area (Å²) in [5.41, 5.74) is 0. The van der Waals surface area contributed by atoms with Crippen molar-refractivity contribution in [1.82, 2.24) is 15.1 Å². The molecular formula is C16H31N3OS. The van der Waals surface area contributed by atoms with Crippen LogP contribution in [0, 0.1) is 0 Å². The van der Waals surface area contributed by atoms with E-state index in [1.165, 1.54) is 32.1 Å². The van der Waals surface area contributed by atoms with Crippen molar-refractivity contribution >= 4 is 17.8 Å². The van der Waals surface area contributed by atoms with E-state index in [1.54, 1.807) is 4.90 Å². The van der Waals surface area contributed by atoms with E-state index in [0.717, 1.165) is 32.5 Å². The molecule has 0 atom stereocenters. The largest absolute Gasteiger partial charge is 0.331 e. The highest BCUT2D eigenvalue weighted by molar-refractivity contribution is 8.00. The predicted octanol–water partition coefficient (Wildman–Crippen LogP) is 2.79. The highest BCUT2D eigenvalue weighted by Crippen LogP contribution is 2.38. The van der Waals surface area contributed by atoms with Crippen LogP contribution in [-0.4, -0.2) is 66.6 Å². The maximum Gasteiger partial charge on any atom is 0.319 e. The molecule has 0 bridgehead atoms. The maximum atomic E-state index is 11.9. The van der Waals surface area contributed by atoms with E-state index in [0.29, 0.717) is 10.8 Å². The number of piperidine rings is 1. The van der Waals surface area contributed by atoms with Crippen LogP contribution in [0.4, 0.5) is 4.79 Å². The first kappa shape index (κ1) is 16.9. The summed E-state index contributed by atoms with van der Waals surface area (Å²) in [5.74, 6) is 0. The fourth-order valence-corrected chi connectivity index (χ4v) is 4.46. The molecule has 1 saturated carbocycles. The Labute approximate surface area is 134 Å². The molecule has 0 spiro atoms. The molecule has 0 aromatic carbocycles. The Morgan fingerprint density at radius 2 is 1.86 bits per heavy atom. The van der Waals surface area contributed by atoms with Gasteiger partial charge in [0.15, 0.2) is 0 Å². The Morgan fingerprint density at radius 3 is 2.38 bits per heavy atom. The molecule has 0 aromatic heterocycles. The van der Waals surface area contributed by atoms with Gasteiger partial charge in [-0.1, -0.05) is 19.3 Å². The van der Waals surface area contributed by atoms with Crippen LogP contribution in [0.2, 0.25) is 0 Å². The number of nitrogens with one attached hydrogen (secondary N) is 1. The summed E-state index contributed by atoms with van der Waals surface area (Å²) in [7, 11) is 3.66. The van der Waals surface area contributed by atoms with Crippen LogP contribution in [0.15, 0.2) is 0 Å². The van der Waals surface area contributed by atoms with Gasteiger partial charge in [0.25, 0.3) is 0 Å². The summed E-state index contributed by atoms with van der Waals surface area (Å²) in [6.45, 7) is 2.92. The van der Waals surface area contributed by atoms with Crippen molar-refractivity contribution < 1.29 is 4.79 Å². The molecule has 1 heterocycles. The number of carbonyl (C=O) groups excluding carboxylic acids is 1. The fourth-order valence-electron chi connectivity index (χ4n) is 3.54. The third-order valence-electron chi connectivity index (χ3n) is 5.06. The van der Waals surface area contributed by atoms with Gasteiger partial charge in [0.1, 0.15) is 0 Å². The van der Waals surface area contributed by atoms with E-state index < -0.39 is 0 Å². The third kappa shape index (κ3) is 4.52. The van der Waals surface area contributed by atoms with Gasteiger partial charge >= 0.3 is 6.03 Å². The molecule has 21 heavy (non-hydrogen) atoms. The Kier molecular flexibility index (Phi) is 6.23. The Balaban J connectivity index is 1.74. The molecule has 0 unspecified atom stereocenters. The summed E-state index contributed by atoms with van der Waals surface area (Å²) in [6.07, 6.45) is 11.3. The van der Waals surface area contributed by atoms with Crippen molar-refractivity contribution in [2.24, 2.45) is 0 Å². The summed E-state index contributed by atoms with van der Waals surface area (Å²) in [6, 6.07) is 0.739. The van der Waals surface area contributed by atoms with E-state index in [1.807, 2.05) is 19.0 Å². The number of hydrogen-bond donors (Lipinski definition) is 1. The first-order valence-electron chi connectivity index (χ1n) is 8.31. The van der Waals surface area contributed by atoms with E-state index in [4.69, 9.17) is 0 Å². The molecule has 4 nitrogen and oxygen atoms in total. The molecule has 0 radical (unpaired) electrons. The predicted molar refractivity (Wildman–Crippen MR) is 91.0 cm³/mol. The van der Waals surface area contributed by atoms with Crippen LogP contribution in [0.25, 0.3) is 0 Å². The quantitative estimate of drug-likeness (QED) is 0.867. The van der Waals surface area contributed by atoms with Gasteiger partial charge in [-0.25, -0.2) is 4.79 Å². The lowest BCUT2D eigenvalue weighted by Gasteiger charge is -2.39. The molecule has 122 valence electrons. The summed E-state index contributed by atoms with van der Waals surface area (Å²) < 4.78 is 0.467. The van der Waals surface area contributed by atoms with E-state index >= 15 is 0 Å². The normalized spacial score (nSPS) is 23.1. The summed E-state index contributed by atoms with van der Waals surface area (Å²) in [4.78, 5) is 15.6. The number of rotatable bonds is 4. The second-order valence-electron chi connectivity index (χ2n) is 6.77. The fraction of sp³-hybridized carbons (Fsp3) is 0.938. The van der Waals surface area contributed by atoms with Gasteiger partial charge in [-0.15, -0.1) is 0 Å². The van der Waals surface area contributed by atoms with Crippen molar-refractivity contribution in [3.63, 3.8) is 0 Å². The zero-order valence-electron chi connectivity index (χ0n) is 13.9. The van der Waals surface area contributed by atoms with Crippen molar-refractivity contribution in [2.45, 2.75) is 55.7 Å².